The highest BCUT2D eigenvalue weighted by Gasteiger charge is 2.20. The lowest BCUT2D eigenvalue weighted by atomic mass is 9.90. The topological polar surface area (TPSA) is 75.1 Å². The van der Waals surface area contributed by atoms with Gasteiger partial charge in [0.15, 0.2) is 0 Å². The van der Waals surface area contributed by atoms with Gasteiger partial charge in [-0.1, -0.05) is 30.3 Å². The molecule has 1 aliphatic rings. The highest BCUT2D eigenvalue weighted by atomic mass is 16.6. The molecule has 0 radical (unpaired) electrons. The molecule has 134 valence electrons. The molecule has 0 atom stereocenters. The summed E-state index contributed by atoms with van der Waals surface area (Å²) in [7, 11) is 0. The van der Waals surface area contributed by atoms with Gasteiger partial charge in [-0.3, -0.25) is 15.0 Å². The van der Waals surface area contributed by atoms with E-state index >= 15 is 0 Å². The minimum Gasteiger partial charge on any atom is -0.341 e. The maximum absolute atomic E-state index is 10.9. The van der Waals surface area contributed by atoms with E-state index in [-0.39, 0.29) is 10.6 Å². The first-order chi connectivity index (χ1) is 12.7. The van der Waals surface area contributed by atoms with Crippen molar-refractivity contribution in [3.05, 3.63) is 70.0 Å². The molecule has 1 fully saturated rings. The number of piperidine rings is 1. The molecule has 0 saturated carbocycles. The van der Waals surface area contributed by atoms with Crippen molar-refractivity contribution >= 4 is 16.7 Å². The van der Waals surface area contributed by atoms with Crippen molar-refractivity contribution in [3.8, 4) is 0 Å². The Morgan fingerprint density at radius 1 is 1.15 bits per heavy atom. The Bertz CT molecular complexity index is 899. The van der Waals surface area contributed by atoms with Crippen molar-refractivity contribution in [2.75, 3.05) is 13.1 Å². The van der Waals surface area contributed by atoms with Crippen LogP contribution in [0.25, 0.3) is 11.0 Å². The average molecular weight is 350 g/mol. The molecule has 0 unspecified atom stereocenters. The van der Waals surface area contributed by atoms with Gasteiger partial charge in [-0.05, 0) is 49.9 Å². The summed E-state index contributed by atoms with van der Waals surface area (Å²) in [6.07, 6.45) is 3.55. The first kappa shape index (κ1) is 16.7. The van der Waals surface area contributed by atoms with E-state index in [9.17, 15) is 10.1 Å². The minimum atomic E-state index is -0.378. The number of aromatic nitrogens is 2. The summed E-state index contributed by atoms with van der Waals surface area (Å²) in [6, 6.07) is 15.5. The van der Waals surface area contributed by atoms with Crippen LogP contribution in [0.4, 0.5) is 5.69 Å². The average Bonchev–Trinajstić information content (AvgIpc) is 3.05. The molecule has 3 aromatic rings. The summed E-state index contributed by atoms with van der Waals surface area (Å²) in [5, 5.41) is 10.9. The second-order valence-corrected chi connectivity index (χ2v) is 7.05. The van der Waals surface area contributed by atoms with Gasteiger partial charge in [0.25, 0.3) is 5.69 Å². The van der Waals surface area contributed by atoms with E-state index in [1.165, 1.54) is 24.5 Å². The number of fused-ring (bicyclic) bond motifs is 1. The zero-order valence-corrected chi connectivity index (χ0v) is 14.6. The molecular weight excluding hydrogens is 328 g/mol. The second-order valence-electron chi connectivity index (χ2n) is 7.05. The quantitative estimate of drug-likeness (QED) is 0.559. The molecule has 2 aromatic carbocycles. The number of nitrogens with zero attached hydrogens (tertiary/aromatic N) is 3. The van der Waals surface area contributed by atoms with Gasteiger partial charge in [-0.15, -0.1) is 0 Å². The maximum Gasteiger partial charge on any atom is 0.271 e. The molecule has 6 heteroatoms. The zero-order chi connectivity index (χ0) is 17.9. The maximum atomic E-state index is 10.9. The number of nitrogens with one attached hydrogen (secondary N) is 1. The molecule has 1 aromatic heterocycles. The fourth-order valence-corrected chi connectivity index (χ4v) is 3.75. The standard InChI is InChI=1S/C20H22N4O2/c25-24(26)17-6-7-18-19(13-17)22-20(21-18)14-23-10-8-16(9-11-23)12-15-4-2-1-3-5-15/h1-7,13,16H,8-12,14H2,(H,21,22). The van der Waals surface area contributed by atoms with Gasteiger partial charge in [-0.25, -0.2) is 4.98 Å². The fourth-order valence-electron chi connectivity index (χ4n) is 3.75. The molecule has 1 aliphatic heterocycles. The number of H-pyrrole nitrogens is 1. The Kier molecular flexibility index (Phi) is 4.67. The van der Waals surface area contributed by atoms with Crippen LogP contribution in [-0.4, -0.2) is 32.9 Å². The SMILES string of the molecule is O=[N+]([O-])c1ccc2nc(CN3CCC(Cc4ccccc4)CC3)[nH]c2c1. The van der Waals surface area contributed by atoms with Gasteiger partial charge in [0.2, 0.25) is 0 Å². The van der Waals surface area contributed by atoms with Crippen LogP contribution in [0.5, 0.6) is 0 Å². The van der Waals surface area contributed by atoms with Gasteiger partial charge < -0.3 is 4.98 Å². The Morgan fingerprint density at radius 3 is 2.65 bits per heavy atom. The van der Waals surface area contributed by atoms with Crippen LogP contribution in [-0.2, 0) is 13.0 Å². The van der Waals surface area contributed by atoms with E-state index in [2.05, 4.69) is 45.2 Å². The molecule has 0 amide bonds. The van der Waals surface area contributed by atoms with E-state index in [4.69, 9.17) is 0 Å². The first-order valence-electron chi connectivity index (χ1n) is 9.07. The largest absolute Gasteiger partial charge is 0.341 e. The highest BCUT2D eigenvalue weighted by Crippen LogP contribution is 2.24. The van der Waals surface area contributed by atoms with E-state index in [1.54, 1.807) is 12.1 Å². The molecule has 0 aliphatic carbocycles. The number of hydrogen-bond donors (Lipinski definition) is 1. The van der Waals surface area contributed by atoms with Crippen LogP contribution < -0.4 is 0 Å². The molecule has 26 heavy (non-hydrogen) atoms. The van der Waals surface area contributed by atoms with Gasteiger partial charge >= 0.3 is 0 Å². The monoisotopic (exact) mass is 350 g/mol. The summed E-state index contributed by atoms with van der Waals surface area (Å²) >= 11 is 0. The van der Waals surface area contributed by atoms with Crippen LogP contribution in [0.15, 0.2) is 48.5 Å². The van der Waals surface area contributed by atoms with Crippen LogP contribution >= 0.6 is 0 Å². The fraction of sp³-hybridized carbons (Fsp3) is 0.350. The summed E-state index contributed by atoms with van der Waals surface area (Å²) in [5.41, 5.74) is 3.02. The Balaban J connectivity index is 1.35. The zero-order valence-electron chi connectivity index (χ0n) is 14.6. The second kappa shape index (κ2) is 7.25. The Hall–Kier alpha value is -2.73. The number of rotatable bonds is 5. The summed E-state index contributed by atoms with van der Waals surface area (Å²) in [5.74, 6) is 1.62. The van der Waals surface area contributed by atoms with Gasteiger partial charge in [0.05, 0.1) is 22.5 Å². The number of likely N-dealkylation sites (tertiary alicyclic amines) is 1. The van der Waals surface area contributed by atoms with Crippen LogP contribution in [0.3, 0.4) is 0 Å². The van der Waals surface area contributed by atoms with Gasteiger partial charge in [0.1, 0.15) is 5.82 Å². The highest BCUT2D eigenvalue weighted by molar-refractivity contribution is 5.77. The van der Waals surface area contributed by atoms with Crippen LogP contribution in [0, 0.1) is 16.0 Å². The third-order valence-electron chi connectivity index (χ3n) is 5.17. The van der Waals surface area contributed by atoms with Crippen LogP contribution in [0.2, 0.25) is 0 Å². The van der Waals surface area contributed by atoms with Crippen molar-refractivity contribution < 1.29 is 4.92 Å². The summed E-state index contributed by atoms with van der Waals surface area (Å²) in [6.45, 7) is 2.89. The lowest BCUT2D eigenvalue weighted by Crippen LogP contribution is -2.34. The number of aromatic amines is 1. The van der Waals surface area contributed by atoms with E-state index in [0.29, 0.717) is 0 Å². The minimum absolute atomic E-state index is 0.0921. The van der Waals surface area contributed by atoms with Gasteiger partial charge in [-0.2, -0.15) is 0 Å². The van der Waals surface area contributed by atoms with Crippen molar-refractivity contribution in [2.24, 2.45) is 5.92 Å². The van der Waals surface area contributed by atoms with E-state index in [0.717, 1.165) is 48.8 Å². The number of nitro groups is 1. The molecule has 1 saturated heterocycles. The van der Waals surface area contributed by atoms with Crippen molar-refractivity contribution in [1.29, 1.82) is 0 Å². The lowest BCUT2D eigenvalue weighted by Gasteiger charge is -2.31. The summed E-state index contributed by atoms with van der Waals surface area (Å²) < 4.78 is 0. The molecular formula is C20H22N4O2. The molecule has 6 nitrogen and oxygen atoms in total. The van der Waals surface area contributed by atoms with Crippen molar-refractivity contribution in [1.82, 2.24) is 14.9 Å². The number of imidazole rings is 1. The van der Waals surface area contributed by atoms with Crippen molar-refractivity contribution in [3.63, 3.8) is 0 Å². The smallest absolute Gasteiger partial charge is 0.271 e. The van der Waals surface area contributed by atoms with Gasteiger partial charge in [0, 0.05) is 12.1 Å². The number of hydrogen-bond acceptors (Lipinski definition) is 4. The lowest BCUT2D eigenvalue weighted by molar-refractivity contribution is -0.384. The number of non-ortho nitro benzene ring substituents is 1. The van der Waals surface area contributed by atoms with E-state index in [1.807, 2.05) is 0 Å². The third kappa shape index (κ3) is 3.75. The third-order valence-corrected chi connectivity index (χ3v) is 5.17. The molecule has 0 spiro atoms. The van der Waals surface area contributed by atoms with Crippen molar-refractivity contribution in [2.45, 2.75) is 25.8 Å². The normalized spacial score (nSPS) is 16.2. The predicted octanol–water partition coefficient (Wildman–Crippen LogP) is 3.93. The first-order valence-corrected chi connectivity index (χ1v) is 9.07. The molecule has 2 heterocycles. The Labute approximate surface area is 152 Å². The van der Waals surface area contributed by atoms with E-state index < -0.39 is 0 Å². The number of nitro benzene ring substituents is 1. The number of benzene rings is 2. The summed E-state index contributed by atoms with van der Waals surface area (Å²) in [4.78, 5) is 20.7. The van der Waals surface area contributed by atoms with Crippen LogP contribution in [0.1, 0.15) is 24.2 Å². The Morgan fingerprint density at radius 2 is 1.92 bits per heavy atom. The molecule has 4 rings (SSSR count). The molecule has 0 bridgehead atoms. The predicted molar refractivity (Wildman–Crippen MR) is 101 cm³/mol. The molecule has 1 N–H and O–H groups in total.